The van der Waals surface area contributed by atoms with Crippen molar-refractivity contribution in [1.29, 1.82) is 0 Å². The topological polar surface area (TPSA) is 21.3 Å². The quantitative estimate of drug-likeness (QED) is 0.888. The zero-order valence-corrected chi connectivity index (χ0v) is 12.5. The van der Waals surface area contributed by atoms with E-state index >= 15 is 0 Å². The summed E-state index contributed by atoms with van der Waals surface area (Å²) in [4.78, 5) is 0. The fourth-order valence-corrected chi connectivity index (χ4v) is 2.88. The lowest BCUT2D eigenvalue weighted by molar-refractivity contribution is 0.131. The third-order valence-electron chi connectivity index (χ3n) is 4.34. The average Bonchev–Trinajstić information content (AvgIpc) is 2.37. The molecule has 1 aliphatic rings. The first-order valence-corrected chi connectivity index (χ1v) is 7.62. The smallest absolute Gasteiger partial charge is 0.120 e. The lowest BCUT2D eigenvalue weighted by Crippen LogP contribution is -2.41. The highest BCUT2D eigenvalue weighted by molar-refractivity contribution is 5.34. The van der Waals surface area contributed by atoms with Crippen molar-refractivity contribution in [3.8, 4) is 5.75 Å². The van der Waals surface area contributed by atoms with Gasteiger partial charge in [0.2, 0.25) is 0 Å². The number of ether oxygens (including phenoxy) is 1. The number of hydrogen-bond acceptors (Lipinski definition) is 2. The molecule has 19 heavy (non-hydrogen) atoms. The summed E-state index contributed by atoms with van der Waals surface area (Å²) in [6, 6.07) is 6.92. The van der Waals surface area contributed by atoms with Crippen molar-refractivity contribution in [2.45, 2.75) is 64.5 Å². The number of nitrogens with one attached hydrogen (secondary N) is 1. The van der Waals surface area contributed by atoms with E-state index < -0.39 is 0 Å². The maximum absolute atomic E-state index is 6.27. The van der Waals surface area contributed by atoms with Crippen LogP contribution in [0.15, 0.2) is 18.2 Å². The van der Waals surface area contributed by atoms with Crippen molar-refractivity contribution in [2.75, 3.05) is 7.05 Å². The molecule has 2 nitrogen and oxygen atoms in total. The van der Waals surface area contributed by atoms with E-state index in [2.05, 4.69) is 44.4 Å². The van der Waals surface area contributed by atoms with Gasteiger partial charge in [-0.15, -0.1) is 0 Å². The summed E-state index contributed by atoms with van der Waals surface area (Å²) in [6.45, 7) is 4.29. The Hall–Kier alpha value is -1.02. The van der Waals surface area contributed by atoms with Crippen LogP contribution in [0, 0.1) is 13.8 Å². The fourth-order valence-electron chi connectivity index (χ4n) is 2.88. The summed E-state index contributed by atoms with van der Waals surface area (Å²) in [7, 11) is 2.06. The molecule has 106 valence electrons. The molecular weight excluding hydrogens is 234 g/mol. The molecule has 0 radical (unpaired) electrons. The Morgan fingerprint density at radius 2 is 1.74 bits per heavy atom. The van der Waals surface area contributed by atoms with E-state index in [1.54, 1.807) is 0 Å². The molecular formula is C17H27NO. The Bertz CT molecular complexity index is 402. The Morgan fingerprint density at radius 3 is 2.42 bits per heavy atom. The second-order valence-electron chi connectivity index (χ2n) is 5.79. The van der Waals surface area contributed by atoms with Gasteiger partial charge < -0.3 is 10.1 Å². The molecule has 1 fully saturated rings. The molecule has 2 heteroatoms. The van der Waals surface area contributed by atoms with Gasteiger partial charge in [0.25, 0.3) is 0 Å². The van der Waals surface area contributed by atoms with Crippen molar-refractivity contribution in [3.05, 3.63) is 29.3 Å². The highest BCUT2D eigenvalue weighted by Crippen LogP contribution is 2.24. The molecule has 0 saturated heterocycles. The summed E-state index contributed by atoms with van der Waals surface area (Å²) in [5, 5.41) is 3.44. The van der Waals surface area contributed by atoms with Gasteiger partial charge in [-0.1, -0.05) is 25.3 Å². The van der Waals surface area contributed by atoms with Crippen LogP contribution in [0.25, 0.3) is 0 Å². The Balaban J connectivity index is 2.06. The van der Waals surface area contributed by atoms with Gasteiger partial charge >= 0.3 is 0 Å². The molecule has 2 unspecified atom stereocenters. The van der Waals surface area contributed by atoms with Gasteiger partial charge in [0.15, 0.2) is 0 Å². The van der Waals surface area contributed by atoms with Crippen LogP contribution in [-0.4, -0.2) is 19.2 Å². The predicted octanol–water partition coefficient (Wildman–Crippen LogP) is 3.99. The fraction of sp³-hybridized carbons (Fsp3) is 0.647. The van der Waals surface area contributed by atoms with Gasteiger partial charge in [0.05, 0.1) is 0 Å². The Labute approximate surface area is 117 Å². The largest absolute Gasteiger partial charge is 0.489 e. The molecule has 2 rings (SSSR count). The molecule has 1 saturated carbocycles. The highest BCUT2D eigenvalue weighted by atomic mass is 16.5. The van der Waals surface area contributed by atoms with E-state index in [9.17, 15) is 0 Å². The van der Waals surface area contributed by atoms with Crippen molar-refractivity contribution in [1.82, 2.24) is 5.32 Å². The molecule has 1 N–H and O–H groups in total. The molecule has 0 aromatic heterocycles. The first kappa shape index (κ1) is 14.4. The molecule has 1 aliphatic carbocycles. The normalized spacial score (nSPS) is 24.6. The number of hydrogen-bond donors (Lipinski definition) is 1. The second kappa shape index (κ2) is 6.95. The van der Waals surface area contributed by atoms with Crippen molar-refractivity contribution in [2.24, 2.45) is 0 Å². The van der Waals surface area contributed by atoms with Gasteiger partial charge in [0, 0.05) is 6.04 Å². The van der Waals surface area contributed by atoms with E-state index in [-0.39, 0.29) is 0 Å². The van der Waals surface area contributed by atoms with Crippen molar-refractivity contribution < 1.29 is 4.74 Å². The van der Waals surface area contributed by atoms with Crippen LogP contribution in [0.4, 0.5) is 0 Å². The molecule has 0 spiro atoms. The van der Waals surface area contributed by atoms with Crippen molar-refractivity contribution in [3.63, 3.8) is 0 Å². The van der Waals surface area contributed by atoms with E-state index in [0.717, 1.165) is 5.75 Å². The summed E-state index contributed by atoms with van der Waals surface area (Å²) in [5.41, 5.74) is 2.64. The maximum Gasteiger partial charge on any atom is 0.120 e. The number of aryl methyl sites for hydroxylation is 2. The Morgan fingerprint density at radius 1 is 1.00 bits per heavy atom. The lowest BCUT2D eigenvalue weighted by Gasteiger charge is -2.29. The van der Waals surface area contributed by atoms with E-state index in [1.807, 2.05) is 0 Å². The first-order chi connectivity index (χ1) is 9.20. The number of benzene rings is 1. The van der Waals surface area contributed by atoms with Crippen LogP contribution in [0.3, 0.4) is 0 Å². The molecule has 0 aliphatic heterocycles. The monoisotopic (exact) mass is 261 g/mol. The van der Waals surface area contributed by atoms with Gasteiger partial charge in [0.1, 0.15) is 11.9 Å². The van der Waals surface area contributed by atoms with E-state index in [1.165, 1.54) is 49.7 Å². The van der Waals surface area contributed by atoms with Crippen LogP contribution < -0.4 is 10.1 Å². The third-order valence-corrected chi connectivity index (χ3v) is 4.34. The van der Waals surface area contributed by atoms with Gasteiger partial charge in [-0.2, -0.15) is 0 Å². The predicted molar refractivity (Wildman–Crippen MR) is 80.9 cm³/mol. The van der Waals surface area contributed by atoms with Crippen LogP contribution in [-0.2, 0) is 0 Å². The minimum atomic E-state index is 0.312. The van der Waals surface area contributed by atoms with E-state index in [4.69, 9.17) is 4.74 Å². The summed E-state index contributed by atoms with van der Waals surface area (Å²) in [5.74, 6) is 1.02. The molecule has 1 aromatic carbocycles. The van der Waals surface area contributed by atoms with Gasteiger partial charge in [-0.3, -0.25) is 0 Å². The Kier molecular flexibility index (Phi) is 5.26. The molecule has 0 heterocycles. The maximum atomic E-state index is 6.27. The van der Waals surface area contributed by atoms with Crippen LogP contribution >= 0.6 is 0 Å². The van der Waals surface area contributed by atoms with E-state index in [0.29, 0.717) is 12.1 Å². The van der Waals surface area contributed by atoms with Gasteiger partial charge in [-0.25, -0.2) is 0 Å². The van der Waals surface area contributed by atoms with Gasteiger partial charge in [-0.05, 0) is 63.4 Å². The lowest BCUT2D eigenvalue weighted by atomic mass is 9.94. The van der Waals surface area contributed by atoms with Crippen LogP contribution in [0.2, 0.25) is 0 Å². The molecule has 2 atom stereocenters. The minimum Gasteiger partial charge on any atom is -0.489 e. The molecule has 1 aromatic rings. The summed E-state index contributed by atoms with van der Waals surface area (Å²) >= 11 is 0. The SMILES string of the molecule is CNC1CCCCCCC1Oc1ccc(C)c(C)c1. The third kappa shape index (κ3) is 3.97. The number of likely N-dealkylation sites (N-methyl/N-ethyl adjacent to an activating group) is 1. The van der Waals surface area contributed by atoms with Crippen LogP contribution in [0.5, 0.6) is 5.75 Å². The van der Waals surface area contributed by atoms with Crippen molar-refractivity contribution >= 4 is 0 Å². The molecule has 0 bridgehead atoms. The first-order valence-electron chi connectivity index (χ1n) is 7.62. The zero-order chi connectivity index (χ0) is 13.7. The molecule has 0 amide bonds. The standard InChI is InChI=1S/C17H27NO/c1-13-10-11-15(12-14(13)2)19-17-9-7-5-4-6-8-16(17)18-3/h10-12,16-18H,4-9H2,1-3H3. The van der Waals surface area contributed by atoms with Crippen LogP contribution in [0.1, 0.15) is 49.7 Å². The number of rotatable bonds is 3. The summed E-state index contributed by atoms with van der Waals surface area (Å²) in [6.07, 6.45) is 8.03. The second-order valence-corrected chi connectivity index (χ2v) is 5.79. The minimum absolute atomic E-state index is 0.312. The average molecular weight is 261 g/mol. The zero-order valence-electron chi connectivity index (χ0n) is 12.5. The summed E-state index contributed by atoms with van der Waals surface area (Å²) < 4.78 is 6.27. The highest BCUT2D eigenvalue weighted by Gasteiger charge is 2.23.